The molecule has 0 amide bonds. The molecule has 2 aromatic carbocycles. The van der Waals surface area contributed by atoms with Gasteiger partial charge in [0.05, 0.1) is 5.69 Å². The largest absolute Gasteiger partial charge is 0.508 e. The third-order valence-corrected chi connectivity index (χ3v) is 3.25. The summed E-state index contributed by atoms with van der Waals surface area (Å²) in [5, 5.41) is 17.6. The third kappa shape index (κ3) is 2.91. The summed E-state index contributed by atoms with van der Waals surface area (Å²) in [6, 6.07) is 16.2. The summed E-state index contributed by atoms with van der Waals surface area (Å²) in [4.78, 5) is 0. The zero-order valence-corrected chi connectivity index (χ0v) is 11.9. The Labute approximate surface area is 127 Å². The highest BCUT2D eigenvalue weighted by atomic mass is 16.5. The molecule has 3 N–H and O–H groups in total. The lowest BCUT2D eigenvalue weighted by atomic mass is 10.2. The minimum atomic E-state index is 0.199. The monoisotopic (exact) mass is 296 g/mol. The normalized spacial score (nSPS) is 10.6. The van der Waals surface area contributed by atoms with Gasteiger partial charge in [0, 0.05) is 6.54 Å². The topological polar surface area (TPSA) is 86.2 Å². The van der Waals surface area contributed by atoms with Gasteiger partial charge >= 0.3 is 0 Å². The van der Waals surface area contributed by atoms with Gasteiger partial charge in [-0.1, -0.05) is 23.4 Å². The first-order valence-corrected chi connectivity index (χ1v) is 6.88. The fourth-order valence-corrected chi connectivity index (χ4v) is 2.11. The molecule has 6 nitrogen and oxygen atoms in total. The van der Waals surface area contributed by atoms with Crippen LogP contribution in [0.3, 0.4) is 0 Å². The van der Waals surface area contributed by atoms with E-state index in [1.165, 1.54) is 0 Å². The molecule has 0 fully saturated rings. The molecule has 0 spiro atoms. The van der Waals surface area contributed by atoms with Gasteiger partial charge in [-0.25, -0.2) is 4.68 Å². The Balaban J connectivity index is 1.88. The third-order valence-electron chi connectivity index (χ3n) is 3.25. The van der Waals surface area contributed by atoms with Crippen LogP contribution >= 0.6 is 0 Å². The van der Waals surface area contributed by atoms with Crippen molar-refractivity contribution in [1.82, 2.24) is 15.0 Å². The van der Waals surface area contributed by atoms with Crippen LogP contribution in [0.2, 0.25) is 0 Å². The van der Waals surface area contributed by atoms with Crippen molar-refractivity contribution in [3.8, 4) is 17.2 Å². The standard InChI is InChI=1S/C16H16N4O2/c17-10-15-16(11-22-14-4-2-1-3-5-14)20(19-18-15)12-6-8-13(21)9-7-12/h1-9,21H,10-11,17H2. The van der Waals surface area contributed by atoms with Crippen LogP contribution in [-0.4, -0.2) is 20.1 Å². The Morgan fingerprint density at radius 2 is 1.77 bits per heavy atom. The van der Waals surface area contributed by atoms with Gasteiger partial charge in [0.2, 0.25) is 0 Å². The average molecular weight is 296 g/mol. The highest BCUT2D eigenvalue weighted by molar-refractivity contribution is 5.38. The summed E-state index contributed by atoms with van der Waals surface area (Å²) in [7, 11) is 0. The number of benzene rings is 2. The summed E-state index contributed by atoms with van der Waals surface area (Å²) >= 11 is 0. The number of phenolic OH excluding ortho intramolecular Hbond substituents is 1. The number of phenols is 1. The molecule has 3 aromatic rings. The first-order valence-electron chi connectivity index (χ1n) is 6.88. The first-order chi connectivity index (χ1) is 10.8. The predicted octanol–water partition coefficient (Wildman–Crippen LogP) is 2.01. The van der Waals surface area contributed by atoms with Gasteiger partial charge in [0.1, 0.15) is 29.5 Å². The van der Waals surface area contributed by atoms with Gasteiger partial charge in [0.15, 0.2) is 0 Å². The van der Waals surface area contributed by atoms with Crippen LogP contribution in [0.4, 0.5) is 0 Å². The molecule has 0 saturated carbocycles. The van der Waals surface area contributed by atoms with Crippen molar-refractivity contribution in [3.63, 3.8) is 0 Å². The van der Waals surface area contributed by atoms with E-state index in [1.807, 2.05) is 30.3 Å². The van der Waals surface area contributed by atoms with E-state index in [1.54, 1.807) is 28.9 Å². The number of ether oxygens (including phenoxy) is 1. The molecule has 0 atom stereocenters. The molecule has 22 heavy (non-hydrogen) atoms. The van der Waals surface area contributed by atoms with Crippen LogP contribution in [0.25, 0.3) is 5.69 Å². The SMILES string of the molecule is NCc1nnn(-c2ccc(O)cc2)c1COc1ccccc1. The average Bonchev–Trinajstić information content (AvgIpc) is 2.97. The maximum atomic E-state index is 9.39. The number of hydrogen-bond donors (Lipinski definition) is 2. The Bertz CT molecular complexity index is 739. The Morgan fingerprint density at radius 1 is 1.05 bits per heavy atom. The Morgan fingerprint density at radius 3 is 2.45 bits per heavy atom. The van der Waals surface area contributed by atoms with Gasteiger partial charge in [-0.15, -0.1) is 5.10 Å². The highest BCUT2D eigenvalue weighted by Gasteiger charge is 2.14. The zero-order chi connectivity index (χ0) is 15.4. The van der Waals surface area contributed by atoms with Crippen LogP contribution in [0.5, 0.6) is 11.5 Å². The van der Waals surface area contributed by atoms with Crippen molar-refractivity contribution >= 4 is 0 Å². The van der Waals surface area contributed by atoms with E-state index in [2.05, 4.69) is 10.3 Å². The second-order valence-electron chi connectivity index (χ2n) is 4.72. The van der Waals surface area contributed by atoms with Gasteiger partial charge in [-0.05, 0) is 36.4 Å². The van der Waals surface area contributed by atoms with E-state index in [4.69, 9.17) is 10.5 Å². The lowest BCUT2D eigenvalue weighted by molar-refractivity contribution is 0.296. The molecule has 1 aromatic heterocycles. The number of hydrogen-bond acceptors (Lipinski definition) is 5. The van der Waals surface area contributed by atoms with Crippen LogP contribution < -0.4 is 10.5 Å². The van der Waals surface area contributed by atoms with Crippen LogP contribution in [0, 0.1) is 0 Å². The van der Waals surface area contributed by atoms with Crippen molar-refractivity contribution in [2.45, 2.75) is 13.2 Å². The van der Waals surface area contributed by atoms with Crippen molar-refractivity contribution in [2.24, 2.45) is 5.73 Å². The Hall–Kier alpha value is -2.86. The van der Waals surface area contributed by atoms with Crippen molar-refractivity contribution < 1.29 is 9.84 Å². The van der Waals surface area contributed by atoms with Crippen LogP contribution in [0.1, 0.15) is 11.4 Å². The smallest absolute Gasteiger partial charge is 0.132 e. The van der Waals surface area contributed by atoms with Crippen molar-refractivity contribution in [3.05, 3.63) is 66.0 Å². The lowest BCUT2D eigenvalue weighted by Crippen LogP contribution is -2.09. The Kier molecular flexibility index (Phi) is 4.02. The zero-order valence-electron chi connectivity index (χ0n) is 11.9. The molecule has 0 aliphatic carbocycles. The van der Waals surface area contributed by atoms with Crippen molar-refractivity contribution in [1.29, 1.82) is 0 Å². The second kappa shape index (κ2) is 6.28. The number of nitrogens with zero attached hydrogens (tertiary/aromatic N) is 3. The van der Waals surface area contributed by atoms with E-state index in [9.17, 15) is 5.11 Å². The van der Waals surface area contributed by atoms with E-state index in [0.717, 1.165) is 17.1 Å². The number of para-hydroxylation sites is 1. The van der Waals surface area contributed by atoms with E-state index in [-0.39, 0.29) is 12.3 Å². The summed E-state index contributed by atoms with van der Waals surface area (Å²) in [5.41, 5.74) is 7.99. The molecular weight excluding hydrogens is 280 g/mol. The minimum absolute atomic E-state index is 0.199. The first kappa shape index (κ1) is 14.1. The highest BCUT2D eigenvalue weighted by Crippen LogP contribution is 2.18. The quantitative estimate of drug-likeness (QED) is 0.752. The number of aromatic nitrogens is 3. The minimum Gasteiger partial charge on any atom is -0.508 e. The molecule has 0 aliphatic heterocycles. The molecule has 0 saturated heterocycles. The van der Waals surface area contributed by atoms with Gasteiger partial charge in [-0.3, -0.25) is 0 Å². The van der Waals surface area contributed by atoms with E-state index >= 15 is 0 Å². The van der Waals surface area contributed by atoms with Crippen LogP contribution in [0.15, 0.2) is 54.6 Å². The fraction of sp³-hybridized carbons (Fsp3) is 0.125. The summed E-state index contributed by atoms with van der Waals surface area (Å²) in [6.07, 6.45) is 0. The molecule has 112 valence electrons. The van der Waals surface area contributed by atoms with Gasteiger partial charge in [0.25, 0.3) is 0 Å². The molecule has 0 radical (unpaired) electrons. The molecule has 1 heterocycles. The predicted molar refractivity (Wildman–Crippen MR) is 81.7 cm³/mol. The maximum absolute atomic E-state index is 9.39. The maximum Gasteiger partial charge on any atom is 0.132 e. The van der Waals surface area contributed by atoms with Crippen molar-refractivity contribution in [2.75, 3.05) is 0 Å². The fourth-order valence-electron chi connectivity index (χ4n) is 2.11. The number of aromatic hydroxyl groups is 1. The summed E-state index contributed by atoms with van der Waals surface area (Å²) < 4.78 is 7.44. The molecule has 6 heteroatoms. The number of rotatable bonds is 5. The van der Waals surface area contributed by atoms with E-state index in [0.29, 0.717) is 12.3 Å². The molecule has 0 unspecified atom stereocenters. The van der Waals surface area contributed by atoms with Gasteiger partial charge < -0.3 is 15.6 Å². The van der Waals surface area contributed by atoms with Gasteiger partial charge in [-0.2, -0.15) is 0 Å². The molecule has 3 rings (SSSR count). The van der Waals surface area contributed by atoms with E-state index < -0.39 is 0 Å². The summed E-state index contributed by atoms with van der Waals surface area (Å²) in [5.74, 6) is 0.967. The molecule has 0 aliphatic rings. The molecular formula is C16H16N4O2. The lowest BCUT2D eigenvalue weighted by Gasteiger charge is -2.09. The second-order valence-corrected chi connectivity index (χ2v) is 4.72. The summed E-state index contributed by atoms with van der Waals surface area (Å²) in [6.45, 7) is 0.593. The number of nitrogens with two attached hydrogens (primary N) is 1. The van der Waals surface area contributed by atoms with Crippen LogP contribution in [-0.2, 0) is 13.2 Å². The molecule has 0 bridgehead atoms.